The summed E-state index contributed by atoms with van der Waals surface area (Å²) in [5.74, 6) is -0.195. The van der Waals surface area contributed by atoms with Crippen molar-refractivity contribution in [3.05, 3.63) is 54.0 Å². The van der Waals surface area contributed by atoms with E-state index in [1.54, 1.807) is 36.7 Å². The highest BCUT2D eigenvalue weighted by Gasteiger charge is 2.11. The van der Waals surface area contributed by atoms with Crippen LogP contribution in [-0.2, 0) is 6.54 Å². The lowest BCUT2D eigenvalue weighted by molar-refractivity contribution is 0.1000. The van der Waals surface area contributed by atoms with Crippen molar-refractivity contribution < 1.29 is 19.5 Å². The number of amides is 1. The Balaban J connectivity index is 1.82. The van der Waals surface area contributed by atoms with E-state index >= 15 is 0 Å². The normalized spacial score (nSPS) is 10.7. The Labute approximate surface area is 131 Å². The van der Waals surface area contributed by atoms with E-state index in [-0.39, 0.29) is 0 Å². The van der Waals surface area contributed by atoms with Crippen LogP contribution in [0.2, 0.25) is 0 Å². The largest absolute Gasteiger partial charge is 0.707 e. The van der Waals surface area contributed by atoms with E-state index in [1.807, 2.05) is 4.57 Å². The fourth-order valence-corrected chi connectivity index (χ4v) is 2.19. The molecule has 0 unspecified atom stereocenters. The highest BCUT2D eigenvalue weighted by Crippen LogP contribution is 2.16. The summed E-state index contributed by atoms with van der Waals surface area (Å²) < 4.78 is 6.58. The smallest absolute Gasteiger partial charge is 0.512 e. The summed E-state index contributed by atoms with van der Waals surface area (Å²) in [6.07, 6.45) is 3.05. The first-order valence-electron chi connectivity index (χ1n) is 6.75. The number of imidazole rings is 1. The predicted octanol–water partition coefficient (Wildman–Crippen LogP) is -0.0732. The Hall–Kier alpha value is -2.91. The fraction of sp³-hybridized carbons (Fsp3) is 0.0714. The van der Waals surface area contributed by atoms with Gasteiger partial charge in [-0.2, -0.15) is 0 Å². The number of hydrogen-bond acceptors (Lipinski definition) is 6. The van der Waals surface area contributed by atoms with Crippen LogP contribution in [0, 0.1) is 0 Å². The Morgan fingerprint density at radius 2 is 2.00 bits per heavy atom. The molecule has 0 radical (unpaired) electrons. The molecule has 0 aliphatic heterocycles. The van der Waals surface area contributed by atoms with Crippen molar-refractivity contribution in [1.82, 2.24) is 14.5 Å². The lowest BCUT2D eigenvalue weighted by Crippen LogP contribution is -2.20. The van der Waals surface area contributed by atoms with Gasteiger partial charge in [-0.05, 0) is 23.8 Å². The number of nitrogens with two attached hydrogens (primary N) is 1. The Bertz CT molecular complexity index is 848. The van der Waals surface area contributed by atoms with Gasteiger partial charge in [0.25, 0.3) is 0 Å². The van der Waals surface area contributed by atoms with Crippen LogP contribution in [0.15, 0.2) is 42.9 Å². The van der Waals surface area contributed by atoms with Gasteiger partial charge in [-0.1, -0.05) is 12.1 Å². The summed E-state index contributed by atoms with van der Waals surface area (Å²) in [4.78, 5) is 19.6. The minimum Gasteiger partial charge on any atom is -0.512 e. The van der Waals surface area contributed by atoms with Gasteiger partial charge in [-0.25, -0.2) is 9.97 Å². The highest BCUT2D eigenvalue weighted by molar-refractivity contribution is 6.33. The van der Waals surface area contributed by atoms with Crippen molar-refractivity contribution in [2.75, 3.05) is 0 Å². The molecule has 3 rings (SSSR count). The molecule has 2 heterocycles. The van der Waals surface area contributed by atoms with Gasteiger partial charge in [0.2, 0.25) is 5.91 Å². The van der Waals surface area contributed by atoms with Crippen LogP contribution in [0.5, 0.6) is 5.75 Å². The monoisotopic (exact) mass is 312 g/mol. The number of primary amides is 1. The van der Waals surface area contributed by atoms with Crippen molar-refractivity contribution >= 4 is 24.4 Å². The molecule has 8 nitrogen and oxygen atoms in total. The number of rotatable bonds is 5. The lowest BCUT2D eigenvalue weighted by atomic mass is 10.2. The SMILES string of the molecule is NC(=O)c1cnc2c(c1)ncn2Cc1ccc(OB(O)O)cc1. The molecule has 4 N–H and O–H groups in total. The third kappa shape index (κ3) is 3.30. The van der Waals surface area contributed by atoms with E-state index in [9.17, 15) is 4.79 Å². The van der Waals surface area contributed by atoms with Gasteiger partial charge in [-0.3, -0.25) is 4.79 Å². The second kappa shape index (κ2) is 6.07. The molecule has 0 bridgehead atoms. The molecule has 23 heavy (non-hydrogen) atoms. The molecular weight excluding hydrogens is 299 g/mol. The summed E-state index contributed by atoms with van der Waals surface area (Å²) in [6.45, 7) is 0.515. The molecule has 2 aromatic heterocycles. The van der Waals surface area contributed by atoms with Crippen molar-refractivity contribution in [2.24, 2.45) is 5.73 Å². The van der Waals surface area contributed by atoms with Gasteiger partial charge < -0.3 is 25.0 Å². The van der Waals surface area contributed by atoms with Crippen molar-refractivity contribution in [3.63, 3.8) is 0 Å². The Kier molecular flexibility index (Phi) is 3.96. The molecule has 0 atom stereocenters. The van der Waals surface area contributed by atoms with E-state index in [0.717, 1.165) is 5.56 Å². The van der Waals surface area contributed by atoms with Gasteiger partial charge in [-0.15, -0.1) is 0 Å². The van der Waals surface area contributed by atoms with Crippen LogP contribution in [0.3, 0.4) is 0 Å². The Morgan fingerprint density at radius 1 is 1.26 bits per heavy atom. The minimum absolute atomic E-state index is 0.312. The quantitative estimate of drug-likeness (QED) is 0.566. The number of benzene rings is 1. The molecule has 1 aromatic carbocycles. The maximum absolute atomic E-state index is 11.2. The van der Waals surface area contributed by atoms with E-state index in [1.165, 1.54) is 6.20 Å². The molecule has 3 aromatic rings. The van der Waals surface area contributed by atoms with Gasteiger partial charge in [0.1, 0.15) is 11.3 Å². The topological polar surface area (TPSA) is 123 Å². The van der Waals surface area contributed by atoms with E-state index in [4.69, 9.17) is 20.4 Å². The number of pyridine rings is 1. The average Bonchev–Trinajstić information content (AvgIpc) is 2.91. The Morgan fingerprint density at radius 3 is 2.65 bits per heavy atom. The molecule has 0 aliphatic rings. The first-order valence-corrected chi connectivity index (χ1v) is 6.75. The number of aromatic nitrogens is 3. The van der Waals surface area contributed by atoms with Gasteiger partial charge in [0.15, 0.2) is 5.65 Å². The first-order chi connectivity index (χ1) is 11.0. The zero-order chi connectivity index (χ0) is 16.4. The molecule has 0 saturated heterocycles. The maximum Gasteiger partial charge on any atom is 0.707 e. The fourth-order valence-electron chi connectivity index (χ4n) is 2.19. The first kappa shape index (κ1) is 15.0. The molecule has 1 amide bonds. The number of hydrogen-bond donors (Lipinski definition) is 3. The molecule has 9 heteroatoms. The summed E-state index contributed by atoms with van der Waals surface area (Å²) in [7, 11) is -1.85. The molecule has 0 spiro atoms. The second-order valence-corrected chi connectivity index (χ2v) is 4.89. The van der Waals surface area contributed by atoms with E-state index in [2.05, 4.69) is 9.97 Å². The molecular formula is C14H13BN4O4. The van der Waals surface area contributed by atoms with Crippen molar-refractivity contribution in [2.45, 2.75) is 6.54 Å². The van der Waals surface area contributed by atoms with E-state index in [0.29, 0.717) is 29.0 Å². The highest BCUT2D eigenvalue weighted by atomic mass is 16.6. The van der Waals surface area contributed by atoms with Crippen molar-refractivity contribution in [3.8, 4) is 5.75 Å². The molecule has 0 aliphatic carbocycles. The molecule has 116 valence electrons. The van der Waals surface area contributed by atoms with E-state index < -0.39 is 13.2 Å². The third-order valence-corrected chi connectivity index (χ3v) is 3.26. The number of carbonyl (C=O) groups is 1. The second-order valence-electron chi connectivity index (χ2n) is 4.89. The van der Waals surface area contributed by atoms with Crippen LogP contribution in [0.25, 0.3) is 11.2 Å². The molecule has 0 saturated carbocycles. The lowest BCUT2D eigenvalue weighted by Gasteiger charge is -2.07. The van der Waals surface area contributed by atoms with Gasteiger partial charge in [0, 0.05) is 6.20 Å². The summed E-state index contributed by atoms with van der Waals surface area (Å²) in [6, 6.07) is 8.45. The third-order valence-electron chi connectivity index (χ3n) is 3.26. The summed E-state index contributed by atoms with van der Waals surface area (Å²) in [5.41, 5.74) is 7.71. The zero-order valence-corrected chi connectivity index (χ0v) is 12.0. The van der Waals surface area contributed by atoms with Crippen molar-refractivity contribution in [1.29, 1.82) is 0 Å². The maximum atomic E-state index is 11.2. The van der Waals surface area contributed by atoms with Crippen LogP contribution in [0.1, 0.15) is 15.9 Å². The zero-order valence-electron chi connectivity index (χ0n) is 12.0. The van der Waals surface area contributed by atoms with Crippen LogP contribution in [0.4, 0.5) is 0 Å². The standard InChI is InChI=1S/C14H13BN4O4/c16-13(20)10-5-12-14(17-6-10)19(8-18-12)7-9-1-3-11(4-2-9)23-15(21)22/h1-6,8,21-22H,7H2,(H2,16,20). The van der Waals surface area contributed by atoms with Crippen LogP contribution >= 0.6 is 0 Å². The van der Waals surface area contributed by atoms with Gasteiger partial charge >= 0.3 is 7.32 Å². The number of carbonyl (C=O) groups excluding carboxylic acids is 1. The molecule has 0 fully saturated rings. The number of fused-ring (bicyclic) bond motifs is 1. The van der Waals surface area contributed by atoms with Gasteiger partial charge in [0.05, 0.1) is 18.4 Å². The van der Waals surface area contributed by atoms with Crippen LogP contribution < -0.4 is 10.4 Å². The average molecular weight is 312 g/mol. The minimum atomic E-state index is -1.85. The predicted molar refractivity (Wildman–Crippen MR) is 82.4 cm³/mol. The summed E-state index contributed by atoms with van der Waals surface area (Å²) in [5, 5.41) is 17.5. The summed E-state index contributed by atoms with van der Waals surface area (Å²) >= 11 is 0. The van der Waals surface area contributed by atoms with Crippen LogP contribution in [-0.4, -0.2) is 37.8 Å². The number of nitrogens with zero attached hydrogens (tertiary/aromatic N) is 3.